The third kappa shape index (κ3) is 7.85. The molecule has 2 aliphatic rings. The molecule has 0 unspecified atom stereocenters. The number of aromatic nitrogens is 2. The number of nitrogens with zero attached hydrogens (tertiary/aromatic N) is 3. The summed E-state index contributed by atoms with van der Waals surface area (Å²) in [5, 5.41) is 11.3. The second kappa shape index (κ2) is 13.4. The Morgan fingerprint density at radius 3 is 2.54 bits per heavy atom. The number of sulfone groups is 1. The molecular formula is C30H35F4N7O4S. The SMILES string of the molecule is COc1cc(C(=O)NC2CCN(C)CC2)c(F)cc1Nc1ncc(C(F)(F)F)c(N[C@@H]2Cc3ccccc3[C@H]2NCS(C)(=O)=O)n1. The summed E-state index contributed by atoms with van der Waals surface area (Å²) in [5.41, 5.74) is 0.194. The number of nitrogens with one attached hydrogen (secondary N) is 4. The van der Waals surface area contributed by atoms with Crippen LogP contribution in [0.3, 0.4) is 0 Å². The van der Waals surface area contributed by atoms with E-state index in [1.165, 1.54) is 13.2 Å². The number of fused-ring (bicyclic) bond motifs is 1. The molecule has 2 atom stereocenters. The van der Waals surface area contributed by atoms with Gasteiger partial charge in [-0.25, -0.2) is 17.8 Å². The maximum Gasteiger partial charge on any atom is 0.421 e. The molecule has 2 aromatic carbocycles. The highest BCUT2D eigenvalue weighted by Crippen LogP contribution is 2.38. The maximum atomic E-state index is 15.2. The minimum absolute atomic E-state index is 0.0116. The van der Waals surface area contributed by atoms with Crippen LogP contribution in [-0.4, -0.2) is 80.7 Å². The number of amides is 1. The third-order valence-corrected chi connectivity index (χ3v) is 8.74. The van der Waals surface area contributed by atoms with Gasteiger partial charge in [-0.05, 0) is 56.6 Å². The van der Waals surface area contributed by atoms with Gasteiger partial charge < -0.3 is 25.6 Å². The number of ether oxygens (including phenoxy) is 1. The fourth-order valence-electron chi connectivity index (χ4n) is 5.69. The van der Waals surface area contributed by atoms with Crippen LogP contribution in [0.25, 0.3) is 0 Å². The Morgan fingerprint density at radius 1 is 1.15 bits per heavy atom. The average molecular weight is 666 g/mol. The minimum atomic E-state index is -4.82. The summed E-state index contributed by atoms with van der Waals surface area (Å²) < 4.78 is 86.6. The summed E-state index contributed by atoms with van der Waals surface area (Å²) in [4.78, 5) is 22.9. The molecule has 0 saturated carbocycles. The quantitative estimate of drug-likeness (QED) is 0.236. The molecule has 1 amide bonds. The Hall–Kier alpha value is -4.02. The van der Waals surface area contributed by atoms with Crippen LogP contribution in [0.1, 0.15) is 45.9 Å². The Balaban J connectivity index is 1.40. The van der Waals surface area contributed by atoms with Gasteiger partial charge in [0.1, 0.15) is 22.9 Å². The number of methoxy groups -OCH3 is 1. The van der Waals surface area contributed by atoms with Crippen molar-refractivity contribution < 1.29 is 35.5 Å². The molecule has 3 aromatic rings. The highest BCUT2D eigenvalue weighted by molar-refractivity contribution is 7.90. The van der Waals surface area contributed by atoms with Crippen LogP contribution < -0.4 is 26.0 Å². The lowest BCUT2D eigenvalue weighted by Gasteiger charge is -2.29. The van der Waals surface area contributed by atoms with Gasteiger partial charge in [-0.3, -0.25) is 10.1 Å². The molecule has 46 heavy (non-hydrogen) atoms. The normalized spacial score (nSPS) is 19.0. The van der Waals surface area contributed by atoms with E-state index in [4.69, 9.17) is 4.74 Å². The van der Waals surface area contributed by atoms with Crippen molar-refractivity contribution in [3.63, 3.8) is 0 Å². The number of hydrogen-bond acceptors (Lipinski definition) is 10. The number of alkyl halides is 3. The van der Waals surface area contributed by atoms with Gasteiger partial charge in [0.05, 0.1) is 36.3 Å². The standard InChI is InChI=1S/C30H35F4N7O4S/c1-41-10-8-18(9-11-41)37-28(42)20-13-25(45-2)23(14-22(20)31)39-29-35-15-21(30(32,33)34)27(40-29)38-24-12-17-6-4-5-7-19(17)26(24)36-16-46(3,43)44/h4-7,13-15,18,24,26,36H,8-12,16H2,1-3H3,(H,37,42)(H2,35,38,39,40)/t24-,26-/m1/s1. The van der Waals surface area contributed by atoms with Crippen molar-refractivity contribution in [2.45, 2.75) is 43.6 Å². The molecule has 1 saturated heterocycles. The van der Waals surface area contributed by atoms with Crippen LogP contribution in [0.5, 0.6) is 5.75 Å². The van der Waals surface area contributed by atoms with Crippen molar-refractivity contribution in [3.8, 4) is 5.75 Å². The van der Waals surface area contributed by atoms with Gasteiger partial charge in [-0.15, -0.1) is 0 Å². The van der Waals surface area contributed by atoms with Gasteiger partial charge in [0.15, 0.2) is 9.84 Å². The largest absolute Gasteiger partial charge is 0.495 e. The van der Waals surface area contributed by atoms with E-state index in [1.54, 1.807) is 18.2 Å². The average Bonchev–Trinajstić information content (AvgIpc) is 3.33. The van der Waals surface area contributed by atoms with E-state index < -0.39 is 51.2 Å². The number of hydrogen-bond donors (Lipinski definition) is 4. The first-order valence-electron chi connectivity index (χ1n) is 14.6. The van der Waals surface area contributed by atoms with E-state index in [1.807, 2.05) is 13.1 Å². The molecule has 248 valence electrons. The Labute approximate surface area is 264 Å². The van der Waals surface area contributed by atoms with E-state index >= 15 is 4.39 Å². The second-order valence-electron chi connectivity index (χ2n) is 11.6. The van der Waals surface area contributed by atoms with Gasteiger partial charge in [-0.2, -0.15) is 18.2 Å². The zero-order valence-electron chi connectivity index (χ0n) is 25.4. The van der Waals surface area contributed by atoms with Gasteiger partial charge in [0, 0.05) is 24.6 Å². The molecule has 1 aromatic heterocycles. The first-order valence-corrected chi connectivity index (χ1v) is 16.6. The van der Waals surface area contributed by atoms with Crippen LogP contribution in [0.15, 0.2) is 42.6 Å². The van der Waals surface area contributed by atoms with E-state index in [2.05, 4.69) is 36.1 Å². The Bertz CT molecular complexity index is 1700. The number of benzene rings is 2. The molecule has 0 bridgehead atoms. The van der Waals surface area contributed by atoms with Crippen LogP contribution >= 0.6 is 0 Å². The lowest BCUT2D eigenvalue weighted by molar-refractivity contribution is -0.137. The summed E-state index contributed by atoms with van der Waals surface area (Å²) in [6, 6.07) is 7.92. The fourth-order valence-corrected chi connectivity index (χ4v) is 6.17. The molecule has 4 N–H and O–H groups in total. The highest BCUT2D eigenvalue weighted by atomic mass is 32.2. The molecule has 11 nitrogen and oxygen atoms in total. The number of anilines is 3. The number of rotatable bonds is 10. The van der Waals surface area contributed by atoms with Crippen LogP contribution in [0.2, 0.25) is 0 Å². The van der Waals surface area contributed by atoms with E-state index in [-0.39, 0.29) is 34.9 Å². The minimum Gasteiger partial charge on any atom is -0.495 e. The first-order chi connectivity index (χ1) is 21.7. The van der Waals surface area contributed by atoms with Crippen molar-refractivity contribution in [3.05, 3.63) is 70.7 Å². The van der Waals surface area contributed by atoms with Crippen LogP contribution in [0.4, 0.5) is 35.0 Å². The van der Waals surface area contributed by atoms with Gasteiger partial charge in [0.2, 0.25) is 5.95 Å². The lowest BCUT2D eigenvalue weighted by atomic mass is 10.0. The van der Waals surface area contributed by atoms with Crippen molar-refractivity contribution >= 4 is 33.2 Å². The molecule has 1 aliphatic carbocycles. The predicted octanol–water partition coefficient (Wildman–Crippen LogP) is 3.88. The van der Waals surface area contributed by atoms with Gasteiger partial charge >= 0.3 is 6.18 Å². The van der Waals surface area contributed by atoms with Crippen molar-refractivity contribution in [1.29, 1.82) is 0 Å². The van der Waals surface area contributed by atoms with Crippen LogP contribution in [-0.2, 0) is 22.4 Å². The molecule has 0 spiro atoms. The molecule has 1 fully saturated rings. The summed E-state index contributed by atoms with van der Waals surface area (Å²) in [6.45, 7) is 1.60. The summed E-state index contributed by atoms with van der Waals surface area (Å²) >= 11 is 0. The Morgan fingerprint density at radius 2 is 1.87 bits per heavy atom. The van der Waals surface area contributed by atoms with E-state index in [9.17, 15) is 26.4 Å². The smallest absolute Gasteiger partial charge is 0.421 e. The molecule has 16 heteroatoms. The highest BCUT2D eigenvalue weighted by Gasteiger charge is 2.39. The maximum absolute atomic E-state index is 15.2. The molecular weight excluding hydrogens is 630 g/mol. The molecule has 1 aliphatic heterocycles. The molecule has 0 radical (unpaired) electrons. The number of carbonyl (C=O) groups excluding carboxylic acids is 1. The second-order valence-corrected chi connectivity index (χ2v) is 13.7. The summed E-state index contributed by atoms with van der Waals surface area (Å²) in [7, 11) is -0.147. The number of halogens is 4. The van der Waals surface area contributed by atoms with Gasteiger partial charge in [0.25, 0.3) is 5.91 Å². The number of carbonyl (C=O) groups is 1. The third-order valence-electron chi connectivity index (χ3n) is 8.05. The van der Waals surface area contributed by atoms with Crippen molar-refractivity contribution in [1.82, 2.24) is 25.5 Å². The van der Waals surface area contributed by atoms with Crippen molar-refractivity contribution in [2.75, 3.05) is 50.0 Å². The summed E-state index contributed by atoms with van der Waals surface area (Å²) in [6.07, 6.45) is -1.42. The van der Waals surface area contributed by atoms with Gasteiger partial charge in [-0.1, -0.05) is 24.3 Å². The zero-order valence-corrected chi connectivity index (χ0v) is 26.2. The molecule has 5 rings (SSSR count). The molecule has 2 heterocycles. The Kier molecular flexibility index (Phi) is 9.70. The van der Waals surface area contributed by atoms with Crippen molar-refractivity contribution in [2.24, 2.45) is 0 Å². The summed E-state index contributed by atoms with van der Waals surface area (Å²) in [5.74, 6) is -2.67. The fraction of sp³-hybridized carbons (Fsp3) is 0.433. The van der Waals surface area contributed by atoms with E-state index in [0.29, 0.717) is 12.6 Å². The predicted molar refractivity (Wildman–Crippen MR) is 164 cm³/mol. The topological polar surface area (TPSA) is 138 Å². The zero-order chi connectivity index (χ0) is 33.2. The lowest BCUT2D eigenvalue weighted by Crippen LogP contribution is -2.43. The number of likely N-dealkylation sites (tertiary alicyclic amines) is 1. The first kappa shape index (κ1) is 33.3. The monoisotopic (exact) mass is 665 g/mol. The van der Waals surface area contributed by atoms with Crippen LogP contribution in [0, 0.1) is 5.82 Å². The number of piperidine rings is 1. The van der Waals surface area contributed by atoms with E-state index in [0.717, 1.165) is 49.4 Å².